The van der Waals surface area contributed by atoms with Crippen molar-refractivity contribution in [3.8, 4) is 28.7 Å². The van der Waals surface area contributed by atoms with Crippen LogP contribution in [0.25, 0.3) is 11.5 Å². The molecule has 2 aromatic carbocycles. The van der Waals surface area contributed by atoms with Crippen LogP contribution in [0.2, 0.25) is 0 Å². The Kier molecular flexibility index (Phi) is 6.58. The Balaban J connectivity index is 1.43. The Bertz CT molecular complexity index is 1120. The van der Waals surface area contributed by atoms with Gasteiger partial charge in [0.2, 0.25) is 11.6 Å². The summed E-state index contributed by atoms with van der Waals surface area (Å²) in [6, 6.07) is 13.5. The minimum Gasteiger partial charge on any atom is -0.493 e. The van der Waals surface area contributed by atoms with E-state index in [1.165, 1.54) is 11.8 Å². The minimum absolute atomic E-state index is 0.367. The molecule has 2 heterocycles. The van der Waals surface area contributed by atoms with Crippen LogP contribution in [0.4, 0.5) is 10.8 Å². The maximum absolute atomic E-state index is 5.82. The Morgan fingerprint density at radius 2 is 1.74 bits per heavy atom. The number of nitrogens with one attached hydrogen (secondary N) is 1. The molecule has 0 aliphatic carbocycles. The fourth-order valence-electron chi connectivity index (χ4n) is 2.80. The summed E-state index contributed by atoms with van der Waals surface area (Å²) in [7, 11) is 4.68. The van der Waals surface area contributed by atoms with Gasteiger partial charge in [-0.25, -0.2) is 4.98 Å². The molecule has 0 saturated carbocycles. The molecule has 160 valence electrons. The van der Waals surface area contributed by atoms with Gasteiger partial charge in [0, 0.05) is 22.4 Å². The van der Waals surface area contributed by atoms with Crippen molar-refractivity contribution in [2.24, 2.45) is 0 Å². The molecule has 31 heavy (non-hydrogen) atoms. The number of para-hydroxylation sites is 1. The molecule has 8 nitrogen and oxygen atoms in total. The zero-order valence-electron chi connectivity index (χ0n) is 17.1. The Hall–Kier alpha value is -3.24. The van der Waals surface area contributed by atoms with Gasteiger partial charge in [-0.3, -0.25) is 0 Å². The highest BCUT2D eigenvalue weighted by atomic mass is 32.2. The monoisotopic (exact) mass is 456 g/mol. The van der Waals surface area contributed by atoms with Crippen LogP contribution in [-0.2, 0) is 5.75 Å². The summed E-state index contributed by atoms with van der Waals surface area (Å²) in [5.41, 5.74) is 2.61. The van der Waals surface area contributed by atoms with E-state index in [4.69, 9.17) is 18.6 Å². The summed E-state index contributed by atoms with van der Waals surface area (Å²) in [4.78, 5) is 4.60. The molecular weight excluding hydrogens is 436 g/mol. The number of thiazole rings is 1. The maximum Gasteiger partial charge on any atom is 0.277 e. The molecule has 0 fully saturated rings. The van der Waals surface area contributed by atoms with Crippen molar-refractivity contribution >= 4 is 33.9 Å². The highest BCUT2D eigenvalue weighted by Gasteiger charge is 2.18. The first-order valence-electron chi connectivity index (χ1n) is 9.23. The summed E-state index contributed by atoms with van der Waals surface area (Å²) in [6.07, 6.45) is 0. The lowest BCUT2D eigenvalue weighted by Crippen LogP contribution is -1.95. The van der Waals surface area contributed by atoms with Crippen LogP contribution in [-0.4, -0.2) is 36.5 Å². The number of aromatic nitrogens is 3. The van der Waals surface area contributed by atoms with Crippen molar-refractivity contribution in [3.63, 3.8) is 0 Å². The lowest BCUT2D eigenvalue weighted by molar-refractivity contribution is 0.324. The number of hydrogen-bond donors (Lipinski definition) is 1. The molecule has 1 N–H and O–H groups in total. The molecule has 0 spiro atoms. The zero-order chi connectivity index (χ0) is 21.6. The summed E-state index contributed by atoms with van der Waals surface area (Å²) < 4.78 is 21.9. The third-order valence-electron chi connectivity index (χ3n) is 4.24. The molecule has 0 aliphatic heterocycles. The van der Waals surface area contributed by atoms with Crippen molar-refractivity contribution in [2.45, 2.75) is 11.0 Å². The average molecular weight is 457 g/mol. The van der Waals surface area contributed by atoms with Crippen molar-refractivity contribution in [2.75, 3.05) is 26.6 Å². The number of thioether (sulfide) groups is 1. The second kappa shape index (κ2) is 9.71. The number of rotatable bonds is 9. The molecule has 0 atom stereocenters. The fourth-order valence-corrected chi connectivity index (χ4v) is 4.29. The SMILES string of the molecule is COc1cc(-c2nnc(SCc3csc(Nc4ccccc4)n3)o2)cc(OC)c1OC. The molecular formula is C21H20N4O4S2. The highest BCUT2D eigenvalue weighted by molar-refractivity contribution is 7.98. The Labute approximate surface area is 187 Å². The van der Waals surface area contributed by atoms with E-state index >= 15 is 0 Å². The average Bonchev–Trinajstić information content (AvgIpc) is 3.47. The van der Waals surface area contributed by atoms with E-state index in [0.717, 1.165) is 16.5 Å². The summed E-state index contributed by atoms with van der Waals surface area (Å²) in [6.45, 7) is 0. The molecule has 0 bridgehead atoms. The minimum atomic E-state index is 0.367. The van der Waals surface area contributed by atoms with Crippen molar-refractivity contribution in [3.05, 3.63) is 53.5 Å². The second-order valence-corrected chi connectivity index (χ2v) is 8.00. The lowest BCUT2D eigenvalue weighted by Gasteiger charge is -2.12. The summed E-state index contributed by atoms with van der Waals surface area (Å²) >= 11 is 2.98. The third-order valence-corrected chi connectivity index (χ3v) is 5.90. The Morgan fingerprint density at radius 1 is 1.00 bits per heavy atom. The first-order valence-corrected chi connectivity index (χ1v) is 11.1. The van der Waals surface area contributed by atoms with Gasteiger partial charge in [0.05, 0.1) is 27.0 Å². The van der Waals surface area contributed by atoms with Crippen LogP contribution in [0, 0.1) is 0 Å². The van der Waals surface area contributed by atoms with Gasteiger partial charge in [0.25, 0.3) is 5.22 Å². The van der Waals surface area contributed by atoms with Crippen molar-refractivity contribution in [1.82, 2.24) is 15.2 Å². The molecule has 10 heteroatoms. The van der Waals surface area contributed by atoms with Gasteiger partial charge in [0.1, 0.15) is 0 Å². The van der Waals surface area contributed by atoms with Crippen LogP contribution < -0.4 is 19.5 Å². The van der Waals surface area contributed by atoms with E-state index < -0.39 is 0 Å². The molecule has 2 aromatic heterocycles. The normalized spacial score (nSPS) is 10.7. The van der Waals surface area contributed by atoms with Crippen LogP contribution in [0.5, 0.6) is 17.2 Å². The maximum atomic E-state index is 5.82. The second-order valence-electron chi connectivity index (χ2n) is 6.21. The van der Waals surface area contributed by atoms with E-state index in [-0.39, 0.29) is 0 Å². The molecule has 4 aromatic rings. The van der Waals surface area contributed by atoms with Crippen LogP contribution in [0.15, 0.2) is 57.5 Å². The fraction of sp³-hybridized carbons (Fsp3) is 0.190. The number of ether oxygens (including phenoxy) is 3. The Morgan fingerprint density at radius 3 is 2.42 bits per heavy atom. The number of anilines is 2. The van der Waals surface area contributed by atoms with E-state index in [0.29, 0.717) is 39.7 Å². The number of hydrogen-bond acceptors (Lipinski definition) is 10. The third kappa shape index (κ3) is 4.92. The summed E-state index contributed by atoms with van der Waals surface area (Å²) in [5, 5.41) is 14.9. The highest BCUT2D eigenvalue weighted by Crippen LogP contribution is 2.41. The standard InChI is InChI=1S/C21H20N4O4S2/c1-26-16-9-13(10-17(27-2)18(16)28-3)19-24-25-21(29-19)31-12-15-11-30-20(23-15)22-14-7-5-4-6-8-14/h4-11H,12H2,1-3H3,(H,22,23). The molecule has 0 aliphatic rings. The molecule has 0 amide bonds. The van der Waals surface area contributed by atoms with Crippen LogP contribution in [0.1, 0.15) is 5.69 Å². The smallest absolute Gasteiger partial charge is 0.277 e. The van der Waals surface area contributed by atoms with E-state index in [2.05, 4.69) is 20.5 Å². The van der Waals surface area contributed by atoms with Gasteiger partial charge in [-0.05, 0) is 24.3 Å². The zero-order valence-corrected chi connectivity index (χ0v) is 18.8. The molecule has 0 saturated heterocycles. The number of methoxy groups -OCH3 is 3. The van der Waals surface area contributed by atoms with Crippen molar-refractivity contribution in [1.29, 1.82) is 0 Å². The topological polar surface area (TPSA) is 91.5 Å². The largest absolute Gasteiger partial charge is 0.493 e. The van der Waals surface area contributed by atoms with Gasteiger partial charge >= 0.3 is 0 Å². The number of benzene rings is 2. The molecule has 0 unspecified atom stereocenters. The van der Waals surface area contributed by atoms with Gasteiger partial charge in [0.15, 0.2) is 16.6 Å². The van der Waals surface area contributed by atoms with Crippen LogP contribution >= 0.6 is 23.1 Å². The quantitative estimate of drug-likeness (QED) is 0.339. The first-order chi connectivity index (χ1) is 15.2. The predicted octanol–water partition coefficient (Wildman–Crippen LogP) is 5.25. The van der Waals surface area contributed by atoms with Gasteiger partial charge in [-0.2, -0.15) is 0 Å². The van der Waals surface area contributed by atoms with E-state index in [1.54, 1.807) is 44.8 Å². The summed E-state index contributed by atoms with van der Waals surface area (Å²) in [5.74, 6) is 2.53. The molecule has 4 rings (SSSR count). The first kappa shape index (κ1) is 21.0. The molecule has 0 radical (unpaired) electrons. The van der Waals surface area contributed by atoms with Gasteiger partial charge in [-0.15, -0.1) is 21.5 Å². The van der Waals surface area contributed by atoms with E-state index in [9.17, 15) is 0 Å². The number of nitrogens with zero attached hydrogens (tertiary/aromatic N) is 3. The van der Waals surface area contributed by atoms with Gasteiger partial charge in [-0.1, -0.05) is 30.0 Å². The van der Waals surface area contributed by atoms with E-state index in [1.807, 2.05) is 35.7 Å². The lowest BCUT2D eigenvalue weighted by atomic mass is 10.2. The van der Waals surface area contributed by atoms with Crippen LogP contribution in [0.3, 0.4) is 0 Å². The van der Waals surface area contributed by atoms with Crippen molar-refractivity contribution < 1.29 is 18.6 Å². The predicted molar refractivity (Wildman–Crippen MR) is 121 cm³/mol. The van der Waals surface area contributed by atoms with Gasteiger partial charge < -0.3 is 23.9 Å².